The number of nitrogens with one attached hydrogen (secondary N) is 1. The number of hydrogen-bond acceptors (Lipinski definition) is 4. The van der Waals surface area contributed by atoms with E-state index >= 15 is 0 Å². The third-order valence-electron chi connectivity index (χ3n) is 2.24. The Balaban J connectivity index is 2.55. The van der Waals surface area contributed by atoms with E-state index in [-0.39, 0.29) is 5.38 Å². The Morgan fingerprint density at radius 1 is 1.40 bits per heavy atom. The average molecular weight is 232 g/mol. The minimum atomic E-state index is -0.237. The molecule has 1 heterocycles. The van der Waals surface area contributed by atoms with E-state index in [1.165, 1.54) is 0 Å². The lowest BCUT2D eigenvalue weighted by Gasteiger charge is -2.13. The van der Waals surface area contributed by atoms with Gasteiger partial charge in [0.15, 0.2) is 0 Å². The van der Waals surface area contributed by atoms with Crippen LogP contribution in [0.4, 0.5) is 6.01 Å². The third-order valence-corrected chi connectivity index (χ3v) is 2.43. The van der Waals surface area contributed by atoms with Crippen molar-refractivity contribution < 1.29 is 4.42 Å². The van der Waals surface area contributed by atoms with Gasteiger partial charge >= 0.3 is 6.01 Å². The zero-order valence-corrected chi connectivity index (χ0v) is 10.2. The summed E-state index contributed by atoms with van der Waals surface area (Å²) >= 11 is 5.82. The van der Waals surface area contributed by atoms with Crippen LogP contribution in [0.25, 0.3) is 0 Å². The molecule has 0 aliphatic heterocycles. The van der Waals surface area contributed by atoms with E-state index in [2.05, 4.69) is 29.4 Å². The van der Waals surface area contributed by atoms with Crippen molar-refractivity contribution in [2.24, 2.45) is 0 Å². The SMILES string of the molecule is CCCC(CC)Nc1nnc(C(C)Cl)o1. The van der Waals surface area contributed by atoms with Crippen molar-refractivity contribution in [3.63, 3.8) is 0 Å². The largest absolute Gasteiger partial charge is 0.406 e. The Hall–Kier alpha value is -0.770. The number of alkyl halides is 1. The van der Waals surface area contributed by atoms with Crippen molar-refractivity contribution in [1.82, 2.24) is 10.2 Å². The van der Waals surface area contributed by atoms with Crippen LogP contribution < -0.4 is 5.32 Å². The molecule has 5 heteroatoms. The number of halogens is 1. The van der Waals surface area contributed by atoms with Crippen LogP contribution in [0.5, 0.6) is 0 Å². The maximum absolute atomic E-state index is 5.82. The predicted octanol–water partition coefficient (Wildman–Crippen LogP) is 3.36. The predicted molar refractivity (Wildman–Crippen MR) is 61.2 cm³/mol. The highest BCUT2D eigenvalue weighted by Gasteiger charge is 2.13. The Morgan fingerprint density at radius 2 is 2.13 bits per heavy atom. The fourth-order valence-electron chi connectivity index (χ4n) is 1.36. The van der Waals surface area contributed by atoms with Crippen LogP contribution in [0.2, 0.25) is 0 Å². The molecule has 0 aliphatic carbocycles. The molecule has 0 bridgehead atoms. The minimum absolute atomic E-state index is 0.237. The van der Waals surface area contributed by atoms with E-state index in [4.69, 9.17) is 16.0 Å². The molecular formula is C10H18ClN3O. The summed E-state index contributed by atoms with van der Waals surface area (Å²) in [7, 11) is 0. The molecule has 0 amide bonds. The van der Waals surface area contributed by atoms with Crippen molar-refractivity contribution in [3.05, 3.63) is 5.89 Å². The maximum Gasteiger partial charge on any atom is 0.315 e. The molecule has 2 unspecified atom stereocenters. The first-order valence-electron chi connectivity index (χ1n) is 5.41. The number of aromatic nitrogens is 2. The van der Waals surface area contributed by atoms with E-state index in [0.717, 1.165) is 19.3 Å². The summed E-state index contributed by atoms with van der Waals surface area (Å²) < 4.78 is 5.36. The second-order valence-electron chi connectivity index (χ2n) is 3.60. The van der Waals surface area contributed by atoms with Crippen LogP contribution in [0.1, 0.15) is 51.3 Å². The standard InChI is InChI=1S/C10H18ClN3O/c1-4-6-8(5-2)12-10-14-13-9(15-10)7(3)11/h7-8H,4-6H2,1-3H3,(H,12,14). The van der Waals surface area contributed by atoms with Gasteiger partial charge in [-0.1, -0.05) is 25.4 Å². The molecule has 1 rings (SSSR count). The van der Waals surface area contributed by atoms with Gasteiger partial charge in [-0.3, -0.25) is 0 Å². The molecule has 86 valence electrons. The second kappa shape index (κ2) is 5.95. The van der Waals surface area contributed by atoms with Gasteiger partial charge in [-0.15, -0.1) is 16.7 Å². The minimum Gasteiger partial charge on any atom is -0.406 e. The van der Waals surface area contributed by atoms with Gasteiger partial charge in [0, 0.05) is 6.04 Å². The number of nitrogens with zero attached hydrogens (tertiary/aromatic N) is 2. The maximum atomic E-state index is 5.82. The van der Waals surface area contributed by atoms with Crippen LogP contribution in [-0.4, -0.2) is 16.2 Å². The second-order valence-corrected chi connectivity index (χ2v) is 4.25. The molecular weight excluding hydrogens is 214 g/mol. The molecule has 0 fully saturated rings. The smallest absolute Gasteiger partial charge is 0.315 e. The molecule has 2 atom stereocenters. The number of rotatable bonds is 6. The first-order chi connectivity index (χ1) is 7.17. The van der Waals surface area contributed by atoms with Crippen LogP contribution in [0, 0.1) is 0 Å². The molecule has 0 saturated carbocycles. The summed E-state index contributed by atoms with van der Waals surface area (Å²) in [4.78, 5) is 0. The van der Waals surface area contributed by atoms with Crippen molar-refractivity contribution in [2.45, 2.75) is 51.5 Å². The van der Waals surface area contributed by atoms with Crippen molar-refractivity contribution in [2.75, 3.05) is 5.32 Å². The lowest BCUT2D eigenvalue weighted by atomic mass is 10.1. The molecule has 0 saturated heterocycles. The lowest BCUT2D eigenvalue weighted by molar-refractivity contribution is 0.492. The highest BCUT2D eigenvalue weighted by atomic mass is 35.5. The summed E-state index contributed by atoms with van der Waals surface area (Å²) in [6.45, 7) is 6.10. The van der Waals surface area contributed by atoms with Gasteiger partial charge < -0.3 is 9.73 Å². The Kier molecular flexibility index (Phi) is 4.88. The summed E-state index contributed by atoms with van der Waals surface area (Å²) in [5, 5.41) is 10.7. The molecule has 0 aromatic carbocycles. The monoisotopic (exact) mass is 231 g/mol. The van der Waals surface area contributed by atoms with Gasteiger partial charge in [0.2, 0.25) is 5.89 Å². The molecule has 0 radical (unpaired) electrons. The lowest BCUT2D eigenvalue weighted by Crippen LogP contribution is -2.18. The highest BCUT2D eigenvalue weighted by Crippen LogP contribution is 2.20. The summed E-state index contributed by atoms with van der Waals surface area (Å²) in [6, 6.07) is 0.867. The van der Waals surface area contributed by atoms with E-state index in [0.29, 0.717) is 17.9 Å². The van der Waals surface area contributed by atoms with Gasteiger partial charge in [-0.25, -0.2) is 0 Å². The average Bonchev–Trinajstić information content (AvgIpc) is 2.65. The molecule has 0 spiro atoms. The summed E-state index contributed by atoms with van der Waals surface area (Å²) in [6.07, 6.45) is 3.28. The zero-order valence-electron chi connectivity index (χ0n) is 9.46. The van der Waals surface area contributed by atoms with E-state index in [1.54, 1.807) is 0 Å². The Bertz CT molecular complexity index is 288. The molecule has 1 N–H and O–H groups in total. The van der Waals surface area contributed by atoms with Crippen LogP contribution in [0.3, 0.4) is 0 Å². The van der Waals surface area contributed by atoms with E-state index in [1.807, 2.05) is 6.92 Å². The van der Waals surface area contributed by atoms with E-state index in [9.17, 15) is 0 Å². The van der Waals surface area contributed by atoms with Crippen molar-refractivity contribution >= 4 is 17.6 Å². The Morgan fingerprint density at radius 3 is 2.60 bits per heavy atom. The number of hydrogen-bond donors (Lipinski definition) is 1. The summed E-state index contributed by atoms with van der Waals surface area (Å²) in [5.41, 5.74) is 0. The van der Waals surface area contributed by atoms with Gasteiger partial charge in [0.25, 0.3) is 0 Å². The fraction of sp³-hybridized carbons (Fsp3) is 0.800. The van der Waals surface area contributed by atoms with Gasteiger partial charge in [0.1, 0.15) is 5.38 Å². The van der Waals surface area contributed by atoms with Crippen LogP contribution in [-0.2, 0) is 0 Å². The van der Waals surface area contributed by atoms with Crippen LogP contribution >= 0.6 is 11.6 Å². The van der Waals surface area contributed by atoms with Gasteiger partial charge in [0.05, 0.1) is 0 Å². The third kappa shape index (κ3) is 3.70. The highest BCUT2D eigenvalue weighted by molar-refractivity contribution is 6.20. The van der Waals surface area contributed by atoms with Gasteiger partial charge in [-0.05, 0) is 19.8 Å². The molecule has 1 aromatic heterocycles. The van der Waals surface area contributed by atoms with E-state index < -0.39 is 0 Å². The molecule has 4 nitrogen and oxygen atoms in total. The molecule has 0 aliphatic rings. The van der Waals surface area contributed by atoms with Crippen molar-refractivity contribution in [1.29, 1.82) is 0 Å². The van der Waals surface area contributed by atoms with Gasteiger partial charge in [-0.2, -0.15) is 0 Å². The topological polar surface area (TPSA) is 51.0 Å². The van der Waals surface area contributed by atoms with Crippen LogP contribution in [0.15, 0.2) is 4.42 Å². The molecule has 15 heavy (non-hydrogen) atoms. The number of anilines is 1. The quantitative estimate of drug-likeness (QED) is 0.763. The first kappa shape index (κ1) is 12.3. The Labute approximate surface area is 95.4 Å². The normalized spacial score (nSPS) is 14.9. The fourth-order valence-corrected chi connectivity index (χ4v) is 1.44. The van der Waals surface area contributed by atoms with Crippen molar-refractivity contribution in [3.8, 4) is 0 Å². The summed E-state index contributed by atoms with van der Waals surface area (Å²) in [5.74, 6) is 0.463. The zero-order chi connectivity index (χ0) is 11.3. The molecule has 1 aromatic rings. The first-order valence-corrected chi connectivity index (χ1v) is 5.85.